The highest BCUT2D eigenvalue weighted by atomic mass is 32.1. The highest BCUT2D eigenvalue weighted by Crippen LogP contribution is 2.24. The number of H-pyrrole nitrogens is 1. The number of aromatic nitrogens is 2. The first kappa shape index (κ1) is 13.9. The van der Waals surface area contributed by atoms with Gasteiger partial charge >= 0.3 is 0 Å². The van der Waals surface area contributed by atoms with Crippen molar-refractivity contribution in [2.45, 2.75) is 13.1 Å². The second kappa shape index (κ2) is 6.56. The first-order valence-corrected chi connectivity index (χ1v) is 7.59. The summed E-state index contributed by atoms with van der Waals surface area (Å²) in [6, 6.07) is 12.1. The summed E-state index contributed by atoms with van der Waals surface area (Å²) in [7, 11) is 1.70. The number of para-hydroxylation sites is 1. The van der Waals surface area contributed by atoms with Gasteiger partial charge in [-0.25, -0.2) is 4.98 Å². The molecule has 2 N–H and O–H groups in total. The van der Waals surface area contributed by atoms with Gasteiger partial charge in [0.15, 0.2) is 0 Å². The number of nitrogens with one attached hydrogen (secondary N) is 2. The SMILES string of the molecule is COc1ccccc1CNCc1ncc(-c2ccc[nH]2)s1. The fourth-order valence-corrected chi connectivity index (χ4v) is 3.03. The Morgan fingerprint density at radius 3 is 2.90 bits per heavy atom. The minimum atomic E-state index is 0.753. The van der Waals surface area contributed by atoms with E-state index in [1.165, 1.54) is 0 Å². The van der Waals surface area contributed by atoms with E-state index in [4.69, 9.17) is 4.74 Å². The maximum atomic E-state index is 5.34. The van der Waals surface area contributed by atoms with Crippen LogP contribution in [0.3, 0.4) is 0 Å². The van der Waals surface area contributed by atoms with Crippen LogP contribution in [-0.2, 0) is 13.1 Å². The number of thiazole rings is 1. The van der Waals surface area contributed by atoms with Crippen molar-refractivity contribution in [2.75, 3.05) is 7.11 Å². The first-order valence-electron chi connectivity index (χ1n) is 6.78. The van der Waals surface area contributed by atoms with Crippen LogP contribution >= 0.6 is 11.3 Å². The Morgan fingerprint density at radius 1 is 1.19 bits per heavy atom. The summed E-state index contributed by atoms with van der Waals surface area (Å²) in [4.78, 5) is 8.81. The van der Waals surface area contributed by atoms with E-state index in [1.54, 1.807) is 18.4 Å². The Kier molecular flexibility index (Phi) is 4.33. The molecule has 0 unspecified atom stereocenters. The Morgan fingerprint density at radius 2 is 2.10 bits per heavy atom. The largest absolute Gasteiger partial charge is 0.496 e. The first-order chi connectivity index (χ1) is 10.4. The van der Waals surface area contributed by atoms with Crippen molar-refractivity contribution in [1.29, 1.82) is 0 Å². The molecule has 2 aromatic heterocycles. The molecular formula is C16H17N3OS. The molecule has 1 aromatic carbocycles. The van der Waals surface area contributed by atoms with E-state index in [2.05, 4.69) is 27.4 Å². The predicted octanol–water partition coefficient (Wildman–Crippen LogP) is 3.44. The Labute approximate surface area is 127 Å². The fraction of sp³-hybridized carbons (Fsp3) is 0.188. The van der Waals surface area contributed by atoms with E-state index in [9.17, 15) is 0 Å². The van der Waals surface area contributed by atoms with Crippen LogP contribution in [0.5, 0.6) is 5.75 Å². The van der Waals surface area contributed by atoms with Crippen molar-refractivity contribution in [3.63, 3.8) is 0 Å². The maximum absolute atomic E-state index is 5.34. The van der Waals surface area contributed by atoms with Crippen LogP contribution < -0.4 is 10.1 Å². The highest BCUT2D eigenvalue weighted by Gasteiger charge is 2.05. The van der Waals surface area contributed by atoms with Crippen molar-refractivity contribution in [3.8, 4) is 16.3 Å². The molecule has 0 fully saturated rings. The molecule has 0 saturated carbocycles. The second-order valence-corrected chi connectivity index (χ2v) is 5.73. The average Bonchev–Trinajstić information content (AvgIpc) is 3.18. The smallest absolute Gasteiger partial charge is 0.123 e. The van der Waals surface area contributed by atoms with Crippen LogP contribution in [0.25, 0.3) is 10.6 Å². The van der Waals surface area contributed by atoms with Gasteiger partial charge in [0.05, 0.1) is 17.7 Å². The van der Waals surface area contributed by atoms with Gasteiger partial charge in [-0.05, 0) is 18.2 Å². The minimum Gasteiger partial charge on any atom is -0.496 e. The second-order valence-electron chi connectivity index (χ2n) is 4.62. The van der Waals surface area contributed by atoms with Crippen LogP contribution in [0.1, 0.15) is 10.6 Å². The number of hydrogen-bond donors (Lipinski definition) is 2. The van der Waals surface area contributed by atoms with Gasteiger partial charge in [0.25, 0.3) is 0 Å². The molecule has 0 atom stereocenters. The number of aromatic amines is 1. The van der Waals surface area contributed by atoms with Crippen LogP contribution in [0, 0.1) is 0 Å². The predicted molar refractivity (Wildman–Crippen MR) is 85.4 cm³/mol. The van der Waals surface area contributed by atoms with Crippen molar-refractivity contribution in [3.05, 3.63) is 59.4 Å². The zero-order valence-corrected chi connectivity index (χ0v) is 12.6. The Bertz CT molecular complexity index is 691. The van der Waals surface area contributed by atoms with Gasteiger partial charge in [0, 0.05) is 31.0 Å². The topological polar surface area (TPSA) is 49.9 Å². The summed E-state index contributed by atoms with van der Waals surface area (Å²) < 4.78 is 5.34. The van der Waals surface area contributed by atoms with E-state index in [0.29, 0.717) is 0 Å². The van der Waals surface area contributed by atoms with E-state index < -0.39 is 0 Å². The normalized spacial score (nSPS) is 10.7. The standard InChI is InChI=1S/C16H17N3OS/c1-20-14-7-3-2-5-12(14)9-17-11-16-19-10-15(21-16)13-6-4-8-18-13/h2-8,10,17-18H,9,11H2,1H3. The third kappa shape index (κ3) is 3.32. The molecule has 0 bridgehead atoms. The lowest BCUT2D eigenvalue weighted by molar-refractivity contribution is 0.407. The number of methoxy groups -OCH3 is 1. The van der Waals surface area contributed by atoms with E-state index >= 15 is 0 Å². The summed E-state index contributed by atoms with van der Waals surface area (Å²) in [5, 5.41) is 4.49. The summed E-state index contributed by atoms with van der Waals surface area (Å²) >= 11 is 1.70. The molecule has 0 aliphatic heterocycles. The number of rotatable bonds is 6. The molecule has 3 aromatic rings. The lowest BCUT2D eigenvalue weighted by Crippen LogP contribution is -2.13. The third-order valence-corrected chi connectivity index (χ3v) is 4.23. The van der Waals surface area contributed by atoms with Crippen molar-refractivity contribution >= 4 is 11.3 Å². The van der Waals surface area contributed by atoms with Crippen molar-refractivity contribution < 1.29 is 4.74 Å². The van der Waals surface area contributed by atoms with Crippen LogP contribution in [0.4, 0.5) is 0 Å². The molecule has 5 heteroatoms. The van der Waals surface area contributed by atoms with Crippen molar-refractivity contribution in [2.24, 2.45) is 0 Å². The summed E-state index contributed by atoms with van der Waals surface area (Å²) in [6.07, 6.45) is 3.84. The van der Waals surface area contributed by atoms with Crippen molar-refractivity contribution in [1.82, 2.24) is 15.3 Å². The molecule has 0 spiro atoms. The lowest BCUT2D eigenvalue weighted by atomic mass is 10.2. The van der Waals surface area contributed by atoms with Crippen LogP contribution in [0.2, 0.25) is 0 Å². The quantitative estimate of drug-likeness (QED) is 0.733. The summed E-state index contributed by atoms with van der Waals surface area (Å²) in [5.41, 5.74) is 2.27. The Hall–Kier alpha value is -2.11. The third-order valence-electron chi connectivity index (χ3n) is 3.20. The molecule has 0 amide bonds. The summed E-state index contributed by atoms with van der Waals surface area (Å²) in [5.74, 6) is 0.913. The zero-order chi connectivity index (χ0) is 14.5. The highest BCUT2D eigenvalue weighted by molar-refractivity contribution is 7.15. The van der Waals surface area contributed by atoms with Gasteiger partial charge in [-0.3, -0.25) is 0 Å². The van der Waals surface area contributed by atoms with Gasteiger partial charge in [-0.1, -0.05) is 18.2 Å². The maximum Gasteiger partial charge on any atom is 0.123 e. The van der Waals surface area contributed by atoms with Gasteiger partial charge in [-0.15, -0.1) is 11.3 Å². The average molecular weight is 299 g/mol. The molecule has 0 aliphatic carbocycles. The number of ether oxygens (including phenoxy) is 1. The summed E-state index contributed by atoms with van der Waals surface area (Å²) in [6.45, 7) is 1.52. The van der Waals surface area contributed by atoms with E-state index in [-0.39, 0.29) is 0 Å². The van der Waals surface area contributed by atoms with E-state index in [1.807, 2.05) is 36.7 Å². The monoisotopic (exact) mass is 299 g/mol. The molecule has 21 heavy (non-hydrogen) atoms. The molecule has 108 valence electrons. The van der Waals surface area contributed by atoms with Crippen LogP contribution in [0.15, 0.2) is 48.8 Å². The molecule has 0 radical (unpaired) electrons. The van der Waals surface area contributed by atoms with E-state index in [0.717, 1.165) is 40.0 Å². The lowest BCUT2D eigenvalue weighted by Gasteiger charge is -2.08. The molecule has 3 rings (SSSR count). The van der Waals surface area contributed by atoms with Gasteiger partial charge in [0.2, 0.25) is 0 Å². The van der Waals surface area contributed by atoms with Gasteiger partial charge in [0.1, 0.15) is 10.8 Å². The Balaban J connectivity index is 1.58. The number of benzene rings is 1. The molecule has 0 saturated heterocycles. The molecular weight excluding hydrogens is 282 g/mol. The zero-order valence-electron chi connectivity index (χ0n) is 11.8. The fourth-order valence-electron chi connectivity index (χ4n) is 2.15. The minimum absolute atomic E-state index is 0.753. The molecule has 2 heterocycles. The number of hydrogen-bond acceptors (Lipinski definition) is 4. The molecule has 4 nitrogen and oxygen atoms in total. The van der Waals surface area contributed by atoms with Crippen LogP contribution in [-0.4, -0.2) is 17.1 Å². The van der Waals surface area contributed by atoms with Gasteiger partial charge in [-0.2, -0.15) is 0 Å². The number of nitrogens with zero attached hydrogens (tertiary/aromatic N) is 1. The van der Waals surface area contributed by atoms with Gasteiger partial charge < -0.3 is 15.0 Å². The molecule has 0 aliphatic rings.